The maximum Gasteiger partial charge on any atom is 0.183 e. The molecule has 0 aromatic rings. The molecule has 0 aromatic carbocycles. The van der Waals surface area contributed by atoms with E-state index in [4.69, 9.17) is 52.1 Å². The highest BCUT2D eigenvalue weighted by Crippen LogP contribution is 2.23. The molecule has 0 fully saturated rings. The van der Waals surface area contributed by atoms with E-state index >= 15 is 0 Å². The molecule has 0 heterocycles. The smallest absolute Gasteiger partial charge is 0.183 e. The molecule has 0 radical (unpaired) electrons. The van der Waals surface area contributed by atoms with Crippen LogP contribution < -0.4 is 5.73 Å². The van der Waals surface area contributed by atoms with Gasteiger partial charge in [0.25, 0.3) is 0 Å². The van der Waals surface area contributed by atoms with Gasteiger partial charge in [-0.2, -0.15) is 0 Å². The second-order valence-electron chi connectivity index (χ2n) is 1.30. The largest absolute Gasteiger partial charge is 0.299 e. The summed E-state index contributed by atoms with van der Waals surface area (Å²) in [5.41, 5.74) is 5.10. The minimum atomic E-state index is -1.41. The Morgan fingerprint density at radius 3 is 1.88 bits per heavy atom. The van der Waals surface area contributed by atoms with Gasteiger partial charge in [0.15, 0.2) is 4.46 Å². The van der Waals surface area contributed by atoms with Gasteiger partial charge < -0.3 is 0 Å². The van der Waals surface area contributed by atoms with Crippen LogP contribution in [0.1, 0.15) is 0 Å². The molecule has 50 valence electrons. The van der Waals surface area contributed by atoms with Crippen molar-refractivity contribution in [3.05, 3.63) is 0 Å². The molecule has 0 bridgehead atoms. The normalized spacial score (nSPS) is 16.1. The zero-order valence-corrected chi connectivity index (χ0v) is 6.90. The summed E-state index contributed by atoms with van der Waals surface area (Å²) >= 11 is 21.3. The Balaban J connectivity index is 3.62. The highest BCUT2D eigenvalue weighted by atomic mass is 35.5. The summed E-state index contributed by atoms with van der Waals surface area (Å²) in [6.45, 7) is 0. The fourth-order valence-electron chi connectivity index (χ4n) is 0.103. The zero-order valence-electron chi connectivity index (χ0n) is 3.87. The summed E-state index contributed by atoms with van der Waals surface area (Å²) in [6, 6.07) is 0. The minimum absolute atomic E-state index is 0.144. The number of nitrogens with two attached hydrogens (primary N) is 1. The molecule has 5 heteroatoms. The number of alkyl halides is 4. The van der Waals surface area contributed by atoms with E-state index in [1.165, 1.54) is 0 Å². The number of hydrogen-bond acceptors (Lipinski definition) is 1. The van der Waals surface area contributed by atoms with Gasteiger partial charge in [-0.05, 0) is 0 Å². The molecule has 0 aliphatic heterocycles. The first-order valence-electron chi connectivity index (χ1n) is 1.85. The van der Waals surface area contributed by atoms with Crippen LogP contribution in [0.4, 0.5) is 0 Å². The Morgan fingerprint density at radius 2 is 1.88 bits per heavy atom. The lowest BCUT2D eigenvalue weighted by molar-refractivity contribution is 0.798. The quantitative estimate of drug-likeness (QED) is 0.530. The molecule has 0 spiro atoms. The summed E-state index contributed by atoms with van der Waals surface area (Å²) in [5.74, 6) is 0.144. The van der Waals surface area contributed by atoms with Gasteiger partial charge in [-0.15, -0.1) is 23.2 Å². The summed E-state index contributed by atoms with van der Waals surface area (Å²) in [6.07, 6.45) is 0. The van der Waals surface area contributed by atoms with Crippen LogP contribution in [0.25, 0.3) is 0 Å². The van der Waals surface area contributed by atoms with Crippen molar-refractivity contribution in [2.75, 3.05) is 5.88 Å². The molecule has 1 nitrogen and oxygen atoms in total. The molecule has 2 N–H and O–H groups in total. The Kier molecular flexibility index (Phi) is 3.79. The van der Waals surface area contributed by atoms with E-state index in [2.05, 4.69) is 0 Å². The lowest BCUT2D eigenvalue weighted by Crippen LogP contribution is -2.37. The summed E-state index contributed by atoms with van der Waals surface area (Å²) in [7, 11) is 0. The highest BCUT2D eigenvalue weighted by Gasteiger charge is 2.27. The van der Waals surface area contributed by atoms with Gasteiger partial charge in [0.1, 0.15) is 0 Å². The molecule has 0 amide bonds. The van der Waals surface area contributed by atoms with E-state index in [0.717, 1.165) is 0 Å². The van der Waals surface area contributed by atoms with Crippen molar-refractivity contribution >= 4 is 46.4 Å². The van der Waals surface area contributed by atoms with E-state index < -0.39 is 9.83 Å². The van der Waals surface area contributed by atoms with Gasteiger partial charge >= 0.3 is 0 Å². The second kappa shape index (κ2) is 3.33. The SMILES string of the molecule is NC(Cl)(Cl)C(Cl)CCl. The van der Waals surface area contributed by atoms with Gasteiger partial charge in [0.05, 0.1) is 5.38 Å². The van der Waals surface area contributed by atoms with Crippen molar-refractivity contribution in [3.8, 4) is 0 Å². The molecule has 0 aliphatic rings. The van der Waals surface area contributed by atoms with Gasteiger partial charge in [0, 0.05) is 5.88 Å². The summed E-state index contributed by atoms with van der Waals surface area (Å²) < 4.78 is -1.41. The predicted molar refractivity (Wildman–Crippen MR) is 39.0 cm³/mol. The average Bonchev–Trinajstić information content (AvgIpc) is 1.62. The Bertz CT molecular complexity index is 68.2. The van der Waals surface area contributed by atoms with Gasteiger partial charge in [-0.3, -0.25) is 5.73 Å². The standard InChI is InChI=1S/C3H5Cl4N/c4-1-2(5)3(6,7)8/h2H,1,8H2. The molecule has 0 saturated heterocycles. The van der Waals surface area contributed by atoms with Crippen LogP contribution >= 0.6 is 46.4 Å². The van der Waals surface area contributed by atoms with E-state index in [0.29, 0.717) is 0 Å². The second-order valence-corrected chi connectivity index (χ2v) is 3.58. The van der Waals surface area contributed by atoms with Crippen LogP contribution in [0.5, 0.6) is 0 Å². The molecule has 1 unspecified atom stereocenters. The maximum absolute atomic E-state index is 5.42. The highest BCUT2D eigenvalue weighted by molar-refractivity contribution is 6.52. The first kappa shape index (κ1) is 9.12. The lowest BCUT2D eigenvalue weighted by atomic mass is 10.5. The van der Waals surface area contributed by atoms with E-state index in [1.807, 2.05) is 0 Å². The van der Waals surface area contributed by atoms with Crippen molar-refractivity contribution in [1.82, 2.24) is 0 Å². The van der Waals surface area contributed by atoms with Gasteiger partial charge in [0.2, 0.25) is 0 Å². The molecule has 8 heavy (non-hydrogen) atoms. The fraction of sp³-hybridized carbons (Fsp3) is 1.00. The van der Waals surface area contributed by atoms with Gasteiger partial charge in [-0.1, -0.05) is 23.2 Å². The molecular weight excluding hydrogens is 192 g/mol. The van der Waals surface area contributed by atoms with E-state index in [9.17, 15) is 0 Å². The van der Waals surface area contributed by atoms with Crippen molar-refractivity contribution in [2.24, 2.45) is 5.73 Å². The van der Waals surface area contributed by atoms with Crippen LogP contribution in [0.3, 0.4) is 0 Å². The third-order valence-corrected chi connectivity index (χ3v) is 2.27. The van der Waals surface area contributed by atoms with Crippen LogP contribution in [0, 0.1) is 0 Å². The van der Waals surface area contributed by atoms with Crippen molar-refractivity contribution in [3.63, 3.8) is 0 Å². The minimum Gasteiger partial charge on any atom is -0.299 e. The van der Waals surface area contributed by atoms with Gasteiger partial charge in [-0.25, -0.2) is 0 Å². The molecule has 0 saturated carbocycles. The molecule has 1 atom stereocenters. The Hall–Kier alpha value is 1.12. The van der Waals surface area contributed by atoms with Crippen LogP contribution in [-0.2, 0) is 0 Å². The fourth-order valence-corrected chi connectivity index (χ4v) is 0.659. The van der Waals surface area contributed by atoms with Crippen LogP contribution in [0.2, 0.25) is 0 Å². The Labute approximate surface area is 68.0 Å². The monoisotopic (exact) mass is 195 g/mol. The van der Waals surface area contributed by atoms with E-state index in [-0.39, 0.29) is 5.88 Å². The average molecular weight is 197 g/mol. The molecular formula is C3H5Cl4N. The number of rotatable bonds is 2. The first-order valence-corrected chi connectivity index (χ1v) is 3.58. The predicted octanol–water partition coefficient (Wildman–Crippen LogP) is 1.92. The van der Waals surface area contributed by atoms with Crippen molar-refractivity contribution < 1.29 is 0 Å². The Morgan fingerprint density at radius 1 is 1.50 bits per heavy atom. The molecule has 0 aliphatic carbocycles. The molecule has 0 rings (SSSR count). The van der Waals surface area contributed by atoms with Crippen LogP contribution in [0.15, 0.2) is 0 Å². The number of halogens is 4. The van der Waals surface area contributed by atoms with Crippen LogP contribution in [-0.4, -0.2) is 15.7 Å². The number of hydrogen-bond donors (Lipinski definition) is 1. The lowest BCUT2D eigenvalue weighted by Gasteiger charge is -2.16. The van der Waals surface area contributed by atoms with E-state index in [1.54, 1.807) is 0 Å². The zero-order chi connectivity index (χ0) is 6.78. The van der Waals surface area contributed by atoms with Crippen molar-refractivity contribution in [1.29, 1.82) is 0 Å². The maximum atomic E-state index is 5.42. The summed E-state index contributed by atoms with van der Waals surface area (Å²) in [4.78, 5) is 0. The molecule has 0 aromatic heterocycles. The van der Waals surface area contributed by atoms with Crippen molar-refractivity contribution in [2.45, 2.75) is 9.83 Å². The third-order valence-electron chi connectivity index (χ3n) is 0.553. The first-order chi connectivity index (χ1) is 3.48. The third kappa shape index (κ3) is 3.21. The summed E-state index contributed by atoms with van der Waals surface area (Å²) in [5, 5.41) is -0.604. The topological polar surface area (TPSA) is 26.0 Å².